The highest BCUT2D eigenvalue weighted by atomic mass is 16.5. The van der Waals surface area contributed by atoms with Crippen molar-refractivity contribution >= 4 is 16.9 Å². The predicted molar refractivity (Wildman–Crippen MR) is 119 cm³/mol. The summed E-state index contributed by atoms with van der Waals surface area (Å²) in [5, 5.41) is 0.363. The first kappa shape index (κ1) is 21.0. The molecule has 32 heavy (non-hydrogen) atoms. The van der Waals surface area contributed by atoms with E-state index >= 15 is 0 Å². The Morgan fingerprint density at radius 2 is 1.50 bits per heavy atom. The molecule has 0 unspecified atom stereocenters. The molecule has 0 radical (unpaired) electrons. The highest BCUT2D eigenvalue weighted by molar-refractivity contribution is 5.92. The number of fused-ring (bicyclic) bond motifs is 1. The van der Waals surface area contributed by atoms with E-state index in [0.29, 0.717) is 44.9 Å². The van der Waals surface area contributed by atoms with Gasteiger partial charge in [0, 0.05) is 6.07 Å². The third-order valence-corrected chi connectivity index (χ3v) is 4.98. The van der Waals surface area contributed by atoms with E-state index in [-0.39, 0.29) is 11.2 Å². The molecule has 4 aromatic rings. The summed E-state index contributed by atoms with van der Waals surface area (Å²) in [7, 11) is 4.62. The van der Waals surface area contributed by atoms with Gasteiger partial charge in [0.25, 0.3) is 0 Å². The second-order valence-electron chi connectivity index (χ2n) is 6.82. The fraction of sp³-hybridized carbons (Fsp3) is 0.120. The number of carbonyl (C=O) groups excluding carboxylic acids is 1. The molecular formula is C25H20O7. The largest absolute Gasteiger partial charge is 0.497 e. The van der Waals surface area contributed by atoms with Gasteiger partial charge in [-0.1, -0.05) is 6.07 Å². The van der Waals surface area contributed by atoms with E-state index in [2.05, 4.69) is 0 Å². The molecule has 0 saturated heterocycles. The van der Waals surface area contributed by atoms with E-state index in [1.54, 1.807) is 68.8 Å². The van der Waals surface area contributed by atoms with Crippen molar-refractivity contribution in [1.82, 2.24) is 0 Å². The van der Waals surface area contributed by atoms with Crippen LogP contribution in [0.15, 0.2) is 76.1 Å². The summed E-state index contributed by atoms with van der Waals surface area (Å²) in [6.07, 6.45) is 1.38. The Labute approximate surface area is 183 Å². The van der Waals surface area contributed by atoms with Gasteiger partial charge in [-0.2, -0.15) is 0 Å². The Morgan fingerprint density at radius 1 is 0.781 bits per heavy atom. The molecule has 1 heterocycles. The standard InChI is InChI=1S/C25H20O7/c1-28-17-7-4-15(5-8-17)25(27)32-18-9-10-19-22(13-18)31-14-20(24(19)26)16-6-11-21(29-2)23(12-16)30-3/h4-14H,1-3H3. The zero-order valence-corrected chi connectivity index (χ0v) is 17.7. The highest BCUT2D eigenvalue weighted by Gasteiger charge is 2.14. The summed E-state index contributed by atoms with van der Waals surface area (Å²) in [6, 6.07) is 16.4. The molecule has 3 aromatic carbocycles. The number of carbonyl (C=O) groups is 1. The van der Waals surface area contributed by atoms with Crippen LogP contribution in [-0.4, -0.2) is 27.3 Å². The van der Waals surface area contributed by atoms with E-state index in [1.807, 2.05) is 0 Å². The predicted octanol–water partition coefficient (Wildman–Crippen LogP) is 4.71. The Bertz CT molecular complexity index is 1340. The van der Waals surface area contributed by atoms with Gasteiger partial charge in [0.1, 0.15) is 23.3 Å². The molecule has 0 atom stereocenters. The van der Waals surface area contributed by atoms with Crippen molar-refractivity contribution in [3.63, 3.8) is 0 Å². The maximum atomic E-state index is 13.0. The van der Waals surface area contributed by atoms with E-state index in [1.165, 1.54) is 19.4 Å². The minimum Gasteiger partial charge on any atom is -0.497 e. The lowest BCUT2D eigenvalue weighted by molar-refractivity contribution is 0.0735. The van der Waals surface area contributed by atoms with E-state index in [0.717, 1.165) is 0 Å². The molecule has 0 bridgehead atoms. The first-order valence-corrected chi connectivity index (χ1v) is 9.68. The third kappa shape index (κ3) is 4.00. The van der Waals surface area contributed by atoms with Crippen molar-refractivity contribution in [1.29, 1.82) is 0 Å². The lowest BCUT2D eigenvalue weighted by atomic mass is 10.0. The van der Waals surface area contributed by atoms with Gasteiger partial charge in [0.15, 0.2) is 16.9 Å². The van der Waals surface area contributed by atoms with Crippen LogP contribution in [0.25, 0.3) is 22.1 Å². The summed E-state index contributed by atoms with van der Waals surface area (Å²) >= 11 is 0. The Morgan fingerprint density at radius 3 is 2.19 bits per heavy atom. The van der Waals surface area contributed by atoms with Crippen LogP contribution in [0.4, 0.5) is 0 Å². The monoisotopic (exact) mass is 432 g/mol. The molecule has 0 aliphatic carbocycles. The van der Waals surface area contributed by atoms with Crippen LogP contribution in [0.2, 0.25) is 0 Å². The van der Waals surface area contributed by atoms with Crippen molar-refractivity contribution in [2.24, 2.45) is 0 Å². The van der Waals surface area contributed by atoms with Gasteiger partial charge in [-0.05, 0) is 54.1 Å². The minimum absolute atomic E-state index is 0.216. The Balaban J connectivity index is 1.63. The van der Waals surface area contributed by atoms with Crippen LogP contribution < -0.4 is 24.4 Å². The second-order valence-corrected chi connectivity index (χ2v) is 6.82. The molecule has 0 spiro atoms. The number of methoxy groups -OCH3 is 3. The van der Waals surface area contributed by atoms with Gasteiger partial charge in [-0.15, -0.1) is 0 Å². The van der Waals surface area contributed by atoms with Crippen LogP contribution in [-0.2, 0) is 0 Å². The molecule has 162 valence electrons. The normalized spacial score (nSPS) is 10.6. The second kappa shape index (κ2) is 8.85. The Kier molecular flexibility index (Phi) is 5.81. The number of esters is 1. The van der Waals surface area contributed by atoms with Gasteiger partial charge in [0.2, 0.25) is 0 Å². The zero-order chi connectivity index (χ0) is 22.7. The number of ether oxygens (including phenoxy) is 4. The van der Waals surface area contributed by atoms with Crippen molar-refractivity contribution in [2.75, 3.05) is 21.3 Å². The van der Waals surface area contributed by atoms with Crippen LogP contribution >= 0.6 is 0 Å². The van der Waals surface area contributed by atoms with Gasteiger partial charge in [-0.25, -0.2) is 4.79 Å². The highest BCUT2D eigenvalue weighted by Crippen LogP contribution is 2.32. The Hall–Kier alpha value is -4.26. The first-order valence-electron chi connectivity index (χ1n) is 9.68. The summed E-state index contributed by atoms with van der Waals surface area (Å²) in [4.78, 5) is 25.4. The lowest BCUT2D eigenvalue weighted by Crippen LogP contribution is -2.09. The molecule has 7 heteroatoms. The SMILES string of the molecule is COc1ccc(C(=O)Oc2ccc3c(=O)c(-c4ccc(OC)c(OC)c4)coc3c2)cc1. The molecule has 0 aliphatic heterocycles. The van der Waals surface area contributed by atoms with Crippen LogP contribution in [0, 0.1) is 0 Å². The summed E-state index contributed by atoms with van der Waals surface area (Å²) in [5.41, 5.74) is 1.47. The summed E-state index contributed by atoms with van der Waals surface area (Å²) < 4.78 is 26.7. The maximum Gasteiger partial charge on any atom is 0.343 e. The van der Waals surface area contributed by atoms with Gasteiger partial charge < -0.3 is 23.4 Å². The quantitative estimate of drug-likeness (QED) is 0.322. The maximum absolute atomic E-state index is 13.0. The van der Waals surface area contributed by atoms with Crippen molar-refractivity contribution < 1.29 is 28.2 Å². The van der Waals surface area contributed by atoms with Crippen LogP contribution in [0.5, 0.6) is 23.0 Å². The number of hydrogen-bond acceptors (Lipinski definition) is 7. The summed E-state index contributed by atoms with van der Waals surface area (Å²) in [6.45, 7) is 0. The van der Waals surface area contributed by atoms with E-state index < -0.39 is 5.97 Å². The molecule has 0 amide bonds. The lowest BCUT2D eigenvalue weighted by Gasteiger charge is -2.10. The van der Waals surface area contributed by atoms with Crippen molar-refractivity contribution in [2.45, 2.75) is 0 Å². The minimum atomic E-state index is -0.531. The zero-order valence-electron chi connectivity index (χ0n) is 17.7. The summed E-state index contributed by atoms with van der Waals surface area (Å²) in [5.74, 6) is 1.44. The molecular weight excluding hydrogens is 412 g/mol. The van der Waals surface area contributed by atoms with Gasteiger partial charge in [-0.3, -0.25) is 4.79 Å². The van der Waals surface area contributed by atoms with Crippen molar-refractivity contribution in [3.8, 4) is 34.1 Å². The average molecular weight is 432 g/mol. The van der Waals surface area contributed by atoms with Crippen LogP contribution in [0.3, 0.4) is 0 Å². The molecule has 0 N–H and O–H groups in total. The first-order chi connectivity index (χ1) is 15.5. The van der Waals surface area contributed by atoms with Crippen LogP contribution in [0.1, 0.15) is 10.4 Å². The molecule has 0 fully saturated rings. The van der Waals surface area contributed by atoms with E-state index in [4.69, 9.17) is 23.4 Å². The average Bonchev–Trinajstić information content (AvgIpc) is 2.83. The number of rotatable bonds is 6. The molecule has 1 aromatic heterocycles. The van der Waals surface area contributed by atoms with Gasteiger partial charge >= 0.3 is 5.97 Å². The third-order valence-electron chi connectivity index (χ3n) is 4.98. The van der Waals surface area contributed by atoms with Crippen molar-refractivity contribution in [3.05, 3.63) is 82.7 Å². The van der Waals surface area contributed by atoms with Gasteiger partial charge in [0.05, 0.1) is 37.8 Å². The topological polar surface area (TPSA) is 84.2 Å². The molecule has 0 saturated carbocycles. The van der Waals surface area contributed by atoms with E-state index in [9.17, 15) is 9.59 Å². The fourth-order valence-electron chi connectivity index (χ4n) is 3.27. The smallest absolute Gasteiger partial charge is 0.343 e. The number of benzene rings is 3. The molecule has 0 aliphatic rings. The fourth-order valence-corrected chi connectivity index (χ4v) is 3.27. The molecule has 7 nitrogen and oxygen atoms in total. The molecule has 4 rings (SSSR count). The number of hydrogen-bond donors (Lipinski definition) is 0.